The van der Waals surface area contributed by atoms with Crippen LogP contribution in [0.15, 0.2) is 0 Å². The normalized spacial score (nSPS) is 23.8. The molecule has 5 nitrogen and oxygen atoms in total. The van der Waals surface area contributed by atoms with Crippen molar-refractivity contribution in [3.63, 3.8) is 0 Å². The third-order valence-corrected chi connectivity index (χ3v) is 2.86. The number of nitrogens with two attached hydrogens (primary N) is 1. The lowest BCUT2D eigenvalue weighted by Crippen LogP contribution is -2.45. The fourth-order valence-electron chi connectivity index (χ4n) is 2.02. The Labute approximate surface area is 102 Å². The maximum Gasteiger partial charge on any atom is 0.242 e. The van der Waals surface area contributed by atoms with Gasteiger partial charge in [0.1, 0.15) is 0 Å². The zero-order valence-corrected chi connectivity index (χ0v) is 10.5. The molecule has 6 heteroatoms. The molecule has 1 heterocycles. The molecule has 0 saturated carbocycles. The quantitative estimate of drug-likeness (QED) is 0.733. The lowest BCUT2D eigenvalue weighted by Gasteiger charge is -2.26. The largest absolute Gasteiger partial charge is 0.346 e. The summed E-state index contributed by atoms with van der Waals surface area (Å²) in [6.45, 7) is 4.06. The van der Waals surface area contributed by atoms with Gasteiger partial charge in [0.2, 0.25) is 11.8 Å². The van der Waals surface area contributed by atoms with Gasteiger partial charge in [0.15, 0.2) is 0 Å². The van der Waals surface area contributed by atoms with Crippen molar-refractivity contribution in [2.45, 2.75) is 38.8 Å². The Bertz CT molecular complexity index is 250. The summed E-state index contributed by atoms with van der Waals surface area (Å²) in [6.07, 6.45) is 2.08. The van der Waals surface area contributed by atoms with Crippen molar-refractivity contribution >= 4 is 24.2 Å². The summed E-state index contributed by atoms with van der Waals surface area (Å²) < 4.78 is 0. The molecule has 0 aromatic rings. The summed E-state index contributed by atoms with van der Waals surface area (Å²) in [5, 5.41) is 2.49. The van der Waals surface area contributed by atoms with Gasteiger partial charge >= 0.3 is 0 Å². The minimum absolute atomic E-state index is 0. The van der Waals surface area contributed by atoms with Gasteiger partial charge in [0.05, 0.1) is 13.1 Å². The molecule has 0 aromatic heterocycles. The van der Waals surface area contributed by atoms with E-state index in [1.165, 1.54) is 0 Å². The fraction of sp³-hybridized carbons (Fsp3) is 0.800. The number of hydrogen-bond acceptors (Lipinski definition) is 3. The Kier molecular flexibility index (Phi) is 6.36. The van der Waals surface area contributed by atoms with Gasteiger partial charge < -0.3 is 16.0 Å². The Morgan fingerprint density at radius 3 is 2.25 bits per heavy atom. The topological polar surface area (TPSA) is 75.4 Å². The molecule has 16 heavy (non-hydrogen) atoms. The summed E-state index contributed by atoms with van der Waals surface area (Å²) >= 11 is 0. The summed E-state index contributed by atoms with van der Waals surface area (Å²) in [5.41, 5.74) is 5.13. The second kappa shape index (κ2) is 6.70. The van der Waals surface area contributed by atoms with E-state index < -0.39 is 0 Å². The van der Waals surface area contributed by atoms with Crippen LogP contribution in [0, 0.1) is 0 Å². The summed E-state index contributed by atoms with van der Waals surface area (Å²) in [5.74, 6) is -0.308. The maximum absolute atomic E-state index is 11.8. The predicted octanol–water partition coefficient (Wildman–Crippen LogP) is -0.117. The highest BCUT2D eigenvalue weighted by molar-refractivity contribution is 5.86. The van der Waals surface area contributed by atoms with E-state index in [4.69, 9.17) is 5.73 Å². The van der Waals surface area contributed by atoms with E-state index in [0.717, 1.165) is 12.8 Å². The van der Waals surface area contributed by atoms with E-state index in [0.29, 0.717) is 0 Å². The van der Waals surface area contributed by atoms with Gasteiger partial charge in [-0.25, -0.2) is 0 Å². The molecular weight excluding hydrogens is 230 g/mol. The molecule has 0 bridgehead atoms. The van der Waals surface area contributed by atoms with Gasteiger partial charge in [-0.2, -0.15) is 0 Å². The van der Waals surface area contributed by atoms with Gasteiger partial charge in [0.25, 0.3) is 0 Å². The Hall–Kier alpha value is -0.810. The molecule has 0 radical (unpaired) electrons. The standard InChI is InChI=1S/C10H19N3O2.ClH/c1-7-3-4-8(2)13(7)10(15)6-12-9(14)5-11;/h7-8H,3-6,11H2,1-2H3,(H,12,14);1H. The first-order valence-corrected chi connectivity index (χ1v) is 5.34. The number of carbonyl (C=O) groups excluding carboxylic acids is 2. The molecule has 1 fully saturated rings. The molecule has 2 amide bonds. The van der Waals surface area contributed by atoms with Crippen LogP contribution in [0.3, 0.4) is 0 Å². The van der Waals surface area contributed by atoms with Crippen LogP contribution >= 0.6 is 12.4 Å². The average Bonchev–Trinajstić information content (AvgIpc) is 2.54. The number of likely N-dealkylation sites (tertiary alicyclic amines) is 1. The summed E-state index contributed by atoms with van der Waals surface area (Å²) in [7, 11) is 0. The van der Waals surface area contributed by atoms with Crippen LogP contribution in [-0.2, 0) is 9.59 Å². The average molecular weight is 250 g/mol. The van der Waals surface area contributed by atoms with E-state index in [1.54, 1.807) is 0 Å². The predicted molar refractivity (Wildman–Crippen MR) is 64.3 cm³/mol. The van der Waals surface area contributed by atoms with Crippen molar-refractivity contribution in [1.29, 1.82) is 0 Å². The first-order chi connectivity index (χ1) is 7.06. The van der Waals surface area contributed by atoms with E-state index in [9.17, 15) is 9.59 Å². The molecule has 1 saturated heterocycles. The van der Waals surface area contributed by atoms with Crippen molar-refractivity contribution in [3.8, 4) is 0 Å². The highest BCUT2D eigenvalue weighted by Crippen LogP contribution is 2.22. The van der Waals surface area contributed by atoms with Gasteiger partial charge in [-0.05, 0) is 26.7 Å². The van der Waals surface area contributed by atoms with Crippen molar-refractivity contribution < 1.29 is 9.59 Å². The SMILES string of the molecule is CC1CCC(C)N1C(=O)CNC(=O)CN.Cl. The maximum atomic E-state index is 11.8. The molecule has 0 aromatic carbocycles. The molecule has 0 aliphatic carbocycles. The fourth-order valence-corrected chi connectivity index (χ4v) is 2.02. The lowest BCUT2D eigenvalue weighted by molar-refractivity contribution is -0.134. The molecule has 3 N–H and O–H groups in total. The van der Waals surface area contributed by atoms with E-state index in [2.05, 4.69) is 5.32 Å². The van der Waals surface area contributed by atoms with Crippen LogP contribution < -0.4 is 11.1 Å². The molecular formula is C10H20ClN3O2. The summed E-state index contributed by atoms with van der Waals surface area (Å²) in [6, 6.07) is 0.560. The monoisotopic (exact) mass is 249 g/mol. The van der Waals surface area contributed by atoms with Crippen molar-refractivity contribution in [2.24, 2.45) is 5.73 Å². The van der Waals surface area contributed by atoms with Gasteiger partial charge in [0, 0.05) is 12.1 Å². The Morgan fingerprint density at radius 2 is 1.81 bits per heavy atom. The Morgan fingerprint density at radius 1 is 1.31 bits per heavy atom. The zero-order valence-electron chi connectivity index (χ0n) is 9.73. The van der Waals surface area contributed by atoms with Gasteiger partial charge in [-0.3, -0.25) is 9.59 Å². The first-order valence-electron chi connectivity index (χ1n) is 5.34. The van der Waals surface area contributed by atoms with Crippen LogP contribution in [-0.4, -0.2) is 41.9 Å². The molecule has 2 unspecified atom stereocenters. The van der Waals surface area contributed by atoms with Crippen molar-refractivity contribution in [2.75, 3.05) is 13.1 Å². The third-order valence-electron chi connectivity index (χ3n) is 2.86. The van der Waals surface area contributed by atoms with Crippen LogP contribution in [0.1, 0.15) is 26.7 Å². The smallest absolute Gasteiger partial charge is 0.242 e. The highest BCUT2D eigenvalue weighted by atomic mass is 35.5. The van der Waals surface area contributed by atoms with Gasteiger partial charge in [-0.1, -0.05) is 0 Å². The number of hydrogen-bond donors (Lipinski definition) is 2. The van der Waals surface area contributed by atoms with Crippen LogP contribution in [0.25, 0.3) is 0 Å². The number of carbonyl (C=O) groups is 2. The second-order valence-corrected chi connectivity index (χ2v) is 4.06. The summed E-state index contributed by atoms with van der Waals surface area (Å²) in [4.78, 5) is 24.5. The molecule has 94 valence electrons. The van der Waals surface area contributed by atoms with Crippen molar-refractivity contribution in [3.05, 3.63) is 0 Å². The second-order valence-electron chi connectivity index (χ2n) is 4.06. The van der Waals surface area contributed by atoms with Gasteiger partial charge in [-0.15, -0.1) is 12.4 Å². The van der Waals surface area contributed by atoms with E-state index in [-0.39, 0.29) is 49.4 Å². The molecule has 2 atom stereocenters. The number of nitrogens with one attached hydrogen (secondary N) is 1. The van der Waals surface area contributed by atoms with Crippen LogP contribution in [0.5, 0.6) is 0 Å². The zero-order chi connectivity index (χ0) is 11.4. The molecule has 0 spiro atoms. The van der Waals surface area contributed by atoms with E-state index in [1.807, 2.05) is 18.7 Å². The third kappa shape index (κ3) is 3.64. The minimum Gasteiger partial charge on any atom is -0.346 e. The van der Waals surface area contributed by atoms with Crippen LogP contribution in [0.4, 0.5) is 0 Å². The first kappa shape index (κ1) is 15.2. The minimum atomic E-state index is -0.289. The number of halogens is 1. The number of nitrogens with zero attached hydrogens (tertiary/aromatic N) is 1. The lowest BCUT2D eigenvalue weighted by atomic mass is 10.2. The van der Waals surface area contributed by atoms with Crippen LogP contribution in [0.2, 0.25) is 0 Å². The molecule has 1 aliphatic heterocycles. The molecule has 1 rings (SSSR count). The number of amides is 2. The number of rotatable bonds is 3. The van der Waals surface area contributed by atoms with E-state index >= 15 is 0 Å². The highest BCUT2D eigenvalue weighted by Gasteiger charge is 2.30. The Balaban J connectivity index is 0.00000225. The molecule has 1 aliphatic rings. The van der Waals surface area contributed by atoms with Crippen molar-refractivity contribution in [1.82, 2.24) is 10.2 Å².